The van der Waals surface area contributed by atoms with Crippen molar-refractivity contribution in [3.05, 3.63) is 89.3 Å². The Labute approximate surface area is 153 Å². The second kappa shape index (κ2) is 7.18. The molecule has 0 fully saturated rings. The fourth-order valence-electron chi connectivity index (χ4n) is 3.25. The molecule has 0 aliphatic heterocycles. The van der Waals surface area contributed by atoms with Crippen molar-refractivity contribution >= 4 is 10.9 Å². The fraction of sp³-hybridized carbons (Fsp3) is 0.227. The van der Waals surface area contributed by atoms with E-state index in [1.165, 1.54) is 16.5 Å². The van der Waals surface area contributed by atoms with Crippen molar-refractivity contribution in [2.75, 3.05) is 0 Å². The number of oxazole rings is 1. The molecule has 0 bridgehead atoms. The summed E-state index contributed by atoms with van der Waals surface area (Å²) in [6.07, 6.45) is 2.90. The summed E-state index contributed by atoms with van der Waals surface area (Å²) in [7, 11) is 0. The van der Waals surface area contributed by atoms with Gasteiger partial charge in [0.25, 0.3) is 0 Å². The van der Waals surface area contributed by atoms with Gasteiger partial charge >= 0.3 is 0 Å². The largest absolute Gasteiger partial charge is 0.444 e. The maximum atomic E-state index is 5.94. The first-order valence-corrected chi connectivity index (χ1v) is 8.97. The lowest BCUT2D eigenvalue weighted by Crippen LogP contribution is -2.23. The number of benzene rings is 2. The number of nitrogens with zero attached hydrogens (tertiary/aromatic N) is 1. The van der Waals surface area contributed by atoms with Crippen LogP contribution in [0.3, 0.4) is 0 Å². The summed E-state index contributed by atoms with van der Waals surface area (Å²) in [6, 6.07) is 18.8. The molecular weight excluding hydrogens is 322 g/mol. The number of rotatable bonds is 6. The first kappa shape index (κ1) is 16.6. The molecule has 0 unspecified atom stereocenters. The van der Waals surface area contributed by atoms with Gasteiger partial charge in [-0.25, -0.2) is 4.98 Å². The third-order valence-corrected chi connectivity index (χ3v) is 4.84. The van der Waals surface area contributed by atoms with Gasteiger partial charge in [-0.1, -0.05) is 48.5 Å². The Morgan fingerprint density at radius 3 is 2.58 bits per heavy atom. The van der Waals surface area contributed by atoms with E-state index in [1.807, 2.05) is 19.9 Å². The molecule has 0 radical (unpaired) electrons. The lowest BCUT2D eigenvalue weighted by Gasteiger charge is -2.15. The molecule has 2 aromatic heterocycles. The topological polar surface area (TPSA) is 53.9 Å². The number of fused-ring (bicyclic) bond motifs is 1. The zero-order valence-corrected chi connectivity index (χ0v) is 15.1. The number of nitrogens with one attached hydrogen (secondary N) is 2. The lowest BCUT2D eigenvalue weighted by molar-refractivity contribution is 0.384. The maximum Gasteiger partial charge on any atom is 0.212 e. The quantitative estimate of drug-likeness (QED) is 0.525. The SMILES string of the molecule is Cc1nc([C@@H](Cc2c[nH]c3ccccc23)NCc2ccccc2)oc1C. The molecule has 0 spiro atoms. The Morgan fingerprint density at radius 1 is 1.04 bits per heavy atom. The highest BCUT2D eigenvalue weighted by Crippen LogP contribution is 2.25. The van der Waals surface area contributed by atoms with Crippen molar-refractivity contribution in [3.8, 4) is 0 Å². The van der Waals surface area contributed by atoms with Crippen molar-refractivity contribution in [3.63, 3.8) is 0 Å². The van der Waals surface area contributed by atoms with E-state index in [0.717, 1.165) is 35.8 Å². The van der Waals surface area contributed by atoms with Crippen LogP contribution in [0.4, 0.5) is 0 Å². The molecular formula is C22H23N3O. The van der Waals surface area contributed by atoms with Crippen LogP contribution >= 0.6 is 0 Å². The van der Waals surface area contributed by atoms with Crippen LogP contribution in [0.25, 0.3) is 10.9 Å². The van der Waals surface area contributed by atoms with Gasteiger partial charge in [0.05, 0.1) is 11.7 Å². The highest BCUT2D eigenvalue weighted by atomic mass is 16.4. The molecule has 0 amide bonds. The summed E-state index contributed by atoms with van der Waals surface area (Å²) in [6.45, 7) is 4.72. The van der Waals surface area contributed by atoms with Gasteiger partial charge in [-0.15, -0.1) is 0 Å². The standard InChI is InChI=1S/C22H23N3O/c1-15-16(2)26-22(25-15)21(23-13-17-8-4-3-5-9-17)12-18-14-24-20-11-7-6-10-19(18)20/h3-11,14,21,23-24H,12-13H2,1-2H3/t21-/m1/s1. The third-order valence-electron chi connectivity index (χ3n) is 4.84. The summed E-state index contributed by atoms with van der Waals surface area (Å²) in [4.78, 5) is 8.00. The Kier molecular flexibility index (Phi) is 4.59. The van der Waals surface area contributed by atoms with Crippen molar-refractivity contribution in [2.45, 2.75) is 32.9 Å². The minimum atomic E-state index is 0.0156. The van der Waals surface area contributed by atoms with E-state index in [0.29, 0.717) is 0 Å². The van der Waals surface area contributed by atoms with Gasteiger partial charge in [0, 0.05) is 23.6 Å². The molecule has 2 N–H and O–H groups in total. The van der Waals surface area contributed by atoms with Gasteiger partial charge in [0.15, 0.2) is 0 Å². The zero-order valence-electron chi connectivity index (χ0n) is 15.1. The highest BCUT2D eigenvalue weighted by molar-refractivity contribution is 5.83. The van der Waals surface area contributed by atoms with Gasteiger partial charge in [0.2, 0.25) is 5.89 Å². The Hall–Kier alpha value is -2.85. The summed E-state index contributed by atoms with van der Waals surface area (Å²) >= 11 is 0. The molecule has 26 heavy (non-hydrogen) atoms. The average molecular weight is 345 g/mol. The molecule has 4 nitrogen and oxygen atoms in total. The van der Waals surface area contributed by atoms with Crippen LogP contribution in [0.2, 0.25) is 0 Å². The third kappa shape index (κ3) is 3.41. The van der Waals surface area contributed by atoms with E-state index in [2.05, 4.69) is 70.0 Å². The van der Waals surface area contributed by atoms with Gasteiger partial charge in [-0.3, -0.25) is 0 Å². The molecule has 4 aromatic rings. The molecule has 4 rings (SSSR count). The average Bonchev–Trinajstić information content (AvgIpc) is 3.23. The summed E-state index contributed by atoms with van der Waals surface area (Å²) < 4.78 is 5.94. The number of aryl methyl sites for hydroxylation is 2. The van der Waals surface area contributed by atoms with Crippen LogP contribution in [0.15, 0.2) is 65.2 Å². The molecule has 2 heterocycles. The van der Waals surface area contributed by atoms with E-state index < -0.39 is 0 Å². The van der Waals surface area contributed by atoms with Crippen LogP contribution < -0.4 is 5.32 Å². The maximum absolute atomic E-state index is 5.94. The Balaban J connectivity index is 1.61. The van der Waals surface area contributed by atoms with Gasteiger partial charge in [-0.05, 0) is 37.5 Å². The number of hydrogen-bond donors (Lipinski definition) is 2. The Morgan fingerprint density at radius 2 is 1.81 bits per heavy atom. The van der Waals surface area contributed by atoms with Gasteiger partial charge < -0.3 is 14.7 Å². The summed E-state index contributed by atoms with van der Waals surface area (Å²) in [5, 5.41) is 4.87. The number of H-pyrrole nitrogens is 1. The molecule has 0 saturated carbocycles. The molecule has 0 aliphatic carbocycles. The number of hydrogen-bond acceptors (Lipinski definition) is 3. The fourth-order valence-corrected chi connectivity index (χ4v) is 3.25. The second-order valence-electron chi connectivity index (χ2n) is 6.68. The molecule has 0 aliphatic rings. The first-order chi connectivity index (χ1) is 12.7. The zero-order chi connectivity index (χ0) is 17.9. The number of aromatic amines is 1. The minimum Gasteiger partial charge on any atom is -0.444 e. The lowest BCUT2D eigenvalue weighted by atomic mass is 10.0. The van der Waals surface area contributed by atoms with E-state index in [-0.39, 0.29) is 6.04 Å². The first-order valence-electron chi connectivity index (χ1n) is 8.97. The molecule has 0 saturated heterocycles. The highest BCUT2D eigenvalue weighted by Gasteiger charge is 2.20. The van der Waals surface area contributed by atoms with Crippen LogP contribution in [-0.2, 0) is 13.0 Å². The van der Waals surface area contributed by atoms with Gasteiger partial charge in [0.1, 0.15) is 5.76 Å². The predicted molar refractivity (Wildman–Crippen MR) is 104 cm³/mol. The predicted octanol–water partition coefficient (Wildman–Crippen LogP) is 4.85. The van der Waals surface area contributed by atoms with E-state index in [1.54, 1.807) is 0 Å². The summed E-state index contributed by atoms with van der Waals surface area (Å²) in [5.41, 5.74) is 4.62. The van der Waals surface area contributed by atoms with Crippen LogP contribution in [0, 0.1) is 13.8 Å². The Bertz CT molecular complexity index is 981. The monoisotopic (exact) mass is 345 g/mol. The van der Waals surface area contributed by atoms with Crippen molar-refractivity contribution in [1.29, 1.82) is 0 Å². The van der Waals surface area contributed by atoms with Crippen LogP contribution in [0.5, 0.6) is 0 Å². The van der Waals surface area contributed by atoms with Gasteiger partial charge in [-0.2, -0.15) is 0 Å². The summed E-state index contributed by atoms with van der Waals surface area (Å²) in [5.74, 6) is 1.63. The van der Waals surface area contributed by atoms with Crippen LogP contribution in [-0.4, -0.2) is 9.97 Å². The van der Waals surface area contributed by atoms with Crippen molar-refractivity contribution in [1.82, 2.24) is 15.3 Å². The number of para-hydroxylation sites is 1. The van der Waals surface area contributed by atoms with Crippen molar-refractivity contribution in [2.24, 2.45) is 0 Å². The number of aromatic nitrogens is 2. The van der Waals surface area contributed by atoms with Crippen LogP contribution in [0.1, 0.15) is 34.5 Å². The molecule has 4 heteroatoms. The minimum absolute atomic E-state index is 0.0156. The van der Waals surface area contributed by atoms with Crippen molar-refractivity contribution < 1.29 is 4.42 Å². The normalized spacial score (nSPS) is 12.5. The van der Waals surface area contributed by atoms with E-state index in [4.69, 9.17) is 4.42 Å². The van der Waals surface area contributed by atoms with E-state index in [9.17, 15) is 0 Å². The molecule has 132 valence electrons. The smallest absolute Gasteiger partial charge is 0.212 e. The molecule has 1 atom stereocenters. The molecule has 2 aromatic carbocycles. The second-order valence-corrected chi connectivity index (χ2v) is 6.68. The van der Waals surface area contributed by atoms with E-state index >= 15 is 0 Å².